The highest BCUT2D eigenvalue weighted by atomic mass is 32.2. The van der Waals surface area contributed by atoms with Crippen molar-refractivity contribution in [1.29, 1.82) is 0 Å². The molecular formula is C23H36N4O5S. The molecule has 2 heterocycles. The number of sulfonamides is 1. The Bertz CT molecular complexity index is 927. The van der Waals surface area contributed by atoms with Crippen LogP contribution in [0.3, 0.4) is 0 Å². The van der Waals surface area contributed by atoms with Crippen LogP contribution in [0.4, 0.5) is 11.4 Å². The third kappa shape index (κ3) is 6.23. The number of nitro groups is 1. The molecule has 9 nitrogen and oxygen atoms in total. The predicted octanol–water partition coefficient (Wildman–Crippen LogP) is 3.14. The third-order valence-electron chi connectivity index (χ3n) is 7.21. The molecule has 33 heavy (non-hydrogen) atoms. The maximum atomic E-state index is 12.9. The Hall–Kier alpha value is -1.75. The van der Waals surface area contributed by atoms with Gasteiger partial charge in [-0.1, -0.05) is 6.92 Å². The van der Waals surface area contributed by atoms with Crippen LogP contribution in [-0.2, 0) is 14.8 Å². The number of nitrogens with one attached hydrogen (secondary N) is 1. The molecule has 1 N–H and O–H groups in total. The second-order valence-corrected chi connectivity index (χ2v) is 11.5. The number of hydrogen-bond acceptors (Lipinski definition) is 7. The zero-order chi connectivity index (χ0) is 23.4. The molecule has 3 fully saturated rings. The van der Waals surface area contributed by atoms with Gasteiger partial charge in [0.2, 0.25) is 10.0 Å². The molecule has 1 aromatic carbocycles. The number of anilines is 1. The van der Waals surface area contributed by atoms with Crippen LogP contribution in [0.5, 0.6) is 0 Å². The smallest absolute Gasteiger partial charge is 0.293 e. The van der Waals surface area contributed by atoms with E-state index in [4.69, 9.17) is 4.74 Å². The van der Waals surface area contributed by atoms with Crippen molar-refractivity contribution >= 4 is 21.4 Å². The number of rotatable bonds is 7. The molecule has 1 aromatic rings. The standard InChI is InChI=1S/C23H36N4O5S/c1-18-5-7-19(8-6-18)24-33(30,31)21-9-10-22(23(16-21)27(28)29)26-12-3-11-25(13-14-26)17-20-4-2-15-32-20/h9-10,16,18-20,24H,2-8,11-15,17H2,1H3/t18?,19?,20-/m0/s1. The van der Waals surface area contributed by atoms with Crippen molar-refractivity contribution in [1.82, 2.24) is 9.62 Å². The summed E-state index contributed by atoms with van der Waals surface area (Å²) in [5.74, 6) is 0.612. The number of benzene rings is 1. The SMILES string of the molecule is CC1CCC(NS(=O)(=O)c2ccc(N3CCCN(C[C@@H]4CCCO4)CC3)c([N+](=O)[O-])c2)CC1. The fourth-order valence-electron chi connectivity index (χ4n) is 5.22. The van der Waals surface area contributed by atoms with E-state index in [1.807, 2.05) is 4.90 Å². The van der Waals surface area contributed by atoms with Gasteiger partial charge in [0.15, 0.2) is 0 Å². The summed E-state index contributed by atoms with van der Waals surface area (Å²) in [5, 5.41) is 11.9. The minimum Gasteiger partial charge on any atom is -0.377 e. The van der Waals surface area contributed by atoms with Gasteiger partial charge >= 0.3 is 0 Å². The fourth-order valence-corrected chi connectivity index (χ4v) is 6.54. The summed E-state index contributed by atoms with van der Waals surface area (Å²) < 4.78 is 34.4. The summed E-state index contributed by atoms with van der Waals surface area (Å²) in [6.07, 6.45) is 6.97. The second kappa shape index (κ2) is 10.7. The highest BCUT2D eigenvalue weighted by molar-refractivity contribution is 7.89. The Morgan fingerprint density at radius 3 is 2.58 bits per heavy atom. The maximum Gasteiger partial charge on any atom is 0.293 e. The van der Waals surface area contributed by atoms with E-state index in [1.54, 1.807) is 6.07 Å². The van der Waals surface area contributed by atoms with Gasteiger partial charge in [-0.15, -0.1) is 0 Å². The molecule has 2 aliphatic heterocycles. The van der Waals surface area contributed by atoms with Crippen LogP contribution in [0.2, 0.25) is 0 Å². The molecule has 0 unspecified atom stereocenters. The normalized spacial score (nSPS) is 27.4. The van der Waals surface area contributed by atoms with E-state index in [1.165, 1.54) is 12.1 Å². The Morgan fingerprint density at radius 2 is 1.88 bits per heavy atom. The van der Waals surface area contributed by atoms with E-state index >= 15 is 0 Å². The van der Waals surface area contributed by atoms with Crippen LogP contribution in [0.15, 0.2) is 23.1 Å². The van der Waals surface area contributed by atoms with Gasteiger partial charge in [-0.3, -0.25) is 15.0 Å². The topological polar surface area (TPSA) is 105 Å². The van der Waals surface area contributed by atoms with E-state index in [0.29, 0.717) is 24.7 Å². The average Bonchev–Trinajstić information content (AvgIpc) is 3.19. The maximum absolute atomic E-state index is 12.9. The summed E-state index contributed by atoms with van der Waals surface area (Å²) >= 11 is 0. The summed E-state index contributed by atoms with van der Waals surface area (Å²) in [6, 6.07) is 4.22. The van der Waals surface area contributed by atoms with E-state index < -0.39 is 14.9 Å². The largest absolute Gasteiger partial charge is 0.377 e. The van der Waals surface area contributed by atoms with Crippen LogP contribution >= 0.6 is 0 Å². The van der Waals surface area contributed by atoms with E-state index in [9.17, 15) is 18.5 Å². The van der Waals surface area contributed by atoms with Crippen LogP contribution in [-0.4, -0.2) is 69.7 Å². The number of nitrogens with zero attached hydrogens (tertiary/aromatic N) is 3. The Kier molecular flexibility index (Phi) is 7.88. The summed E-state index contributed by atoms with van der Waals surface area (Å²) in [6.45, 7) is 7.02. The first-order valence-corrected chi connectivity index (χ1v) is 13.7. The monoisotopic (exact) mass is 480 g/mol. The van der Waals surface area contributed by atoms with Crippen molar-refractivity contribution in [3.63, 3.8) is 0 Å². The van der Waals surface area contributed by atoms with Gasteiger partial charge in [0, 0.05) is 44.9 Å². The van der Waals surface area contributed by atoms with Gasteiger partial charge < -0.3 is 9.64 Å². The Labute approximate surface area is 196 Å². The zero-order valence-corrected chi connectivity index (χ0v) is 20.3. The first-order chi connectivity index (χ1) is 15.8. The van der Waals surface area contributed by atoms with Crippen LogP contribution in [0.25, 0.3) is 0 Å². The molecule has 184 valence electrons. The minimum absolute atomic E-state index is 0.0357. The van der Waals surface area contributed by atoms with E-state index in [-0.39, 0.29) is 22.7 Å². The lowest BCUT2D eigenvalue weighted by Crippen LogP contribution is -2.37. The Balaban J connectivity index is 1.46. The quantitative estimate of drug-likeness (QED) is 0.472. The molecule has 4 rings (SSSR count). The lowest BCUT2D eigenvalue weighted by atomic mass is 9.88. The van der Waals surface area contributed by atoms with Gasteiger partial charge in [-0.2, -0.15) is 0 Å². The molecule has 10 heteroatoms. The molecular weight excluding hydrogens is 444 g/mol. The lowest BCUT2D eigenvalue weighted by molar-refractivity contribution is -0.384. The number of nitro benzene ring substituents is 1. The molecule has 0 bridgehead atoms. The van der Waals surface area contributed by atoms with Gasteiger partial charge in [0.1, 0.15) is 5.69 Å². The van der Waals surface area contributed by atoms with Gasteiger partial charge in [0.25, 0.3) is 5.69 Å². The zero-order valence-electron chi connectivity index (χ0n) is 19.4. The molecule has 1 atom stereocenters. The Morgan fingerprint density at radius 1 is 1.09 bits per heavy atom. The van der Waals surface area contributed by atoms with Crippen molar-refractivity contribution in [2.24, 2.45) is 5.92 Å². The number of ether oxygens (including phenoxy) is 1. The van der Waals surface area contributed by atoms with E-state index in [0.717, 1.165) is 71.2 Å². The van der Waals surface area contributed by atoms with Crippen molar-refractivity contribution in [3.8, 4) is 0 Å². The van der Waals surface area contributed by atoms with Crippen LogP contribution in [0.1, 0.15) is 51.9 Å². The molecule has 2 saturated heterocycles. The molecule has 1 saturated carbocycles. The molecule has 0 amide bonds. The molecule has 0 radical (unpaired) electrons. The lowest BCUT2D eigenvalue weighted by Gasteiger charge is -2.27. The fraction of sp³-hybridized carbons (Fsp3) is 0.739. The van der Waals surface area contributed by atoms with Crippen LogP contribution in [0, 0.1) is 16.0 Å². The van der Waals surface area contributed by atoms with E-state index in [2.05, 4.69) is 16.5 Å². The first kappa shape index (κ1) is 24.4. The van der Waals surface area contributed by atoms with Crippen molar-refractivity contribution in [2.75, 3.05) is 44.2 Å². The highest BCUT2D eigenvalue weighted by Gasteiger charge is 2.29. The van der Waals surface area contributed by atoms with Crippen LogP contribution < -0.4 is 9.62 Å². The predicted molar refractivity (Wildman–Crippen MR) is 127 cm³/mol. The van der Waals surface area contributed by atoms with Crippen molar-refractivity contribution < 1.29 is 18.1 Å². The van der Waals surface area contributed by atoms with Crippen molar-refractivity contribution in [3.05, 3.63) is 28.3 Å². The molecule has 0 spiro atoms. The second-order valence-electron chi connectivity index (χ2n) is 9.76. The third-order valence-corrected chi connectivity index (χ3v) is 8.72. The van der Waals surface area contributed by atoms with Gasteiger partial charge in [-0.05, 0) is 69.5 Å². The van der Waals surface area contributed by atoms with Crippen molar-refractivity contribution in [2.45, 2.75) is 68.9 Å². The number of hydrogen-bond donors (Lipinski definition) is 1. The first-order valence-electron chi connectivity index (χ1n) is 12.2. The average molecular weight is 481 g/mol. The molecule has 1 aliphatic carbocycles. The highest BCUT2D eigenvalue weighted by Crippen LogP contribution is 2.32. The summed E-state index contributed by atoms with van der Waals surface area (Å²) in [7, 11) is -3.81. The molecule has 0 aromatic heterocycles. The summed E-state index contributed by atoms with van der Waals surface area (Å²) in [4.78, 5) is 15.8. The summed E-state index contributed by atoms with van der Waals surface area (Å²) in [5.41, 5.74) is 0.340. The minimum atomic E-state index is -3.81. The van der Waals surface area contributed by atoms with Gasteiger partial charge in [0.05, 0.1) is 15.9 Å². The van der Waals surface area contributed by atoms with Gasteiger partial charge in [-0.25, -0.2) is 13.1 Å². The molecule has 3 aliphatic rings.